The fourth-order valence-corrected chi connectivity index (χ4v) is 4.50. The van der Waals surface area contributed by atoms with Gasteiger partial charge in [-0.15, -0.1) is 0 Å². The van der Waals surface area contributed by atoms with E-state index in [1.807, 2.05) is 11.8 Å². The second-order valence-corrected chi connectivity index (χ2v) is 9.10. The molecule has 0 bridgehead atoms. The third kappa shape index (κ3) is 3.51. The van der Waals surface area contributed by atoms with Gasteiger partial charge in [0.15, 0.2) is 0 Å². The predicted molar refractivity (Wildman–Crippen MR) is 99.4 cm³/mol. The molecule has 11 heteroatoms. The van der Waals surface area contributed by atoms with Crippen molar-refractivity contribution in [3.8, 4) is 0 Å². The summed E-state index contributed by atoms with van der Waals surface area (Å²) in [5.74, 6) is 0.968. The number of anilines is 2. The van der Waals surface area contributed by atoms with E-state index >= 15 is 0 Å². The lowest BCUT2D eigenvalue weighted by Crippen LogP contribution is -2.36. The van der Waals surface area contributed by atoms with Gasteiger partial charge in [-0.3, -0.25) is 9.48 Å². The first-order chi connectivity index (χ1) is 12.9. The summed E-state index contributed by atoms with van der Waals surface area (Å²) in [5, 5.41) is 4.33. The van der Waals surface area contributed by atoms with Crippen LogP contribution in [0.15, 0.2) is 15.5 Å². The maximum Gasteiger partial charge on any atom is 0.257 e. The highest BCUT2D eigenvalue weighted by Gasteiger charge is 2.32. The van der Waals surface area contributed by atoms with Gasteiger partial charge in [0.05, 0.1) is 39.6 Å². The zero-order valence-electron chi connectivity index (χ0n) is 15.3. The molecular formula is C16H22N8O2S. The van der Waals surface area contributed by atoms with Crippen LogP contribution < -0.4 is 10.6 Å². The molecule has 2 aliphatic rings. The fraction of sp³-hybridized carbons (Fsp3) is 0.562. The van der Waals surface area contributed by atoms with Crippen LogP contribution in [0.3, 0.4) is 0 Å². The van der Waals surface area contributed by atoms with Crippen molar-refractivity contribution < 1.29 is 9.00 Å². The van der Waals surface area contributed by atoms with Gasteiger partial charge in [0.25, 0.3) is 5.91 Å². The van der Waals surface area contributed by atoms with E-state index in [-0.39, 0.29) is 17.8 Å². The molecule has 0 saturated heterocycles. The normalized spacial score (nSPS) is 18.7. The molecule has 2 N–H and O–H groups in total. The van der Waals surface area contributed by atoms with Gasteiger partial charge < -0.3 is 10.6 Å². The lowest BCUT2D eigenvalue weighted by molar-refractivity contribution is -0.118. The van der Waals surface area contributed by atoms with Gasteiger partial charge in [-0.05, 0) is 12.8 Å². The highest BCUT2D eigenvalue weighted by Crippen LogP contribution is 2.32. The summed E-state index contributed by atoms with van der Waals surface area (Å²) in [5.41, 5.74) is 6.56. The monoisotopic (exact) mass is 390 g/mol. The zero-order chi connectivity index (χ0) is 19.2. The first-order valence-corrected chi connectivity index (χ1v) is 10.9. The van der Waals surface area contributed by atoms with E-state index in [0.29, 0.717) is 42.7 Å². The Kier molecular flexibility index (Phi) is 4.33. The maximum absolute atomic E-state index is 13.1. The number of amides is 1. The molecule has 0 radical (unpaired) electrons. The number of nitrogens with zero attached hydrogens (tertiary/aromatic N) is 7. The van der Waals surface area contributed by atoms with E-state index in [1.54, 1.807) is 10.9 Å². The molecule has 0 spiro atoms. The molecule has 144 valence electrons. The molecule has 10 nitrogen and oxygen atoms in total. The first kappa shape index (κ1) is 17.8. The number of hydrogen-bond acceptors (Lipinski definition) is 8. The lowest BCUT2D eigenvalue weighted by atomic mass is 10.3. The van der Waals surface area contributed by atoms with Gasteiger partial charge in [0.2, 0.25) is 11.9 Å². The average Bonchev–Trinajstić information content (AvgIpc) is 3.39. The van der Waals surface area contributed by atoms with E-state index in [2.05, 4.69) is 24.4 Å². The van der Waals surface area contributed by atoms with E-state index < -0.39 is 9.73 Å². The molecule has 27 heavy (non-hydrogen) atoms. The minimum atomic E-state index is -2.85. The molecule has 1 aliphatic heterocycles. The van der Waals surface area contributed by atoms with Gasteiger partial charge in [-0.2, -0.15) is 24.4 Å². The SMILES string of the molecule is CCc1nc(N)nc(N2CCn3ncc(S(C)(=O)=NC(=O)C4CC4)c3C2)n1. The smallest absolute Gasteiger partial charge is 0.257 e. The Morgan fingerprint density at radius 3 is 2.81 bits per heavy atom. The molecule has 1 amide bonds. The van der Waals surface area contributed by atoms with Crippen LogP contribution >= 0.6 is 0 Å². The van der Waals surface area contributed by atoms with E-state index in [1.165, 1.54) is 6.26 Å². The molecule has 1 saturated carbocycles. The van der Waals surface area contributed by atoms with Crippen LogP contribution in [0.25, 0.3) is 0 Å². The Labute approximate surface area is 157 Å². The van der Waals surface area contributed by atoms with Gasteiger partial charge in [-0.25, -0.2) is 4.21 Å². The van der Waals surface area contributed by atoms with Crippen molar-refractivity contribution in [3.05, 3.63) is 17.7 Å². The minimum Gasteiger partial charge on any atom is -0.368 e. The Bertz CT molecular complexity index is 1020. The third-order valence-electron chi connectivity index (χ3n) is 4.72. The maximum atomic E-state index is 13.1. The van der Waals surface area contributed by atoms with Crippen LogP contribution in [0.4, 0.5) is 11.9 Å². The van der Waals surface area contributed by atoms with Gasteiger partial charge >= 0.3 is 0 Å². The highest BCUT2D eigenvalue weighted by molar-refractivity contribution is 7.93. The Balaban J connectivity index is 1.67. The minimum absolute atomic E-state index is 0.0608. The molecule has 1 aliphatic carbocycles. The zero-order valence-corrected chi connectivity index (χ0v) is 16.1. The van der Waals surface area contributed by atoms with Gasteiger partial charge in [-0.1, -0.05) is 6.92 Å². The number of hydrogen-bond donors (Lipinski definition) is 1. The van der Waals surface area contributed by atoms with Crippen LogP contribution in [0.1, 0.15) is 31.3 Å². The van der Waals surface area contributed by atoms with Crippen LogP contribution in [-0.4, -0.2) is 47.6 Å². The Hall–Kier alpha value is -2.56. The molecule has 1 fully saturated rings. The molecule has 3 heterocycles. The largest absolute Gasteiger partial charge is 0.368 e. The third-order valence-corrected chi connectivity index (χ3v) is 6.40. The second kappa shape index (κ2) is 6.55. The van der Waals surface area contributed by atoms with Crippen molar-refractivity contribution >= 4 is 27.5 Å². The van der Waals surface area contributed by atoms with E-state index in [9.17, 15) is 9.00 Å². The molecule has 4 rings (SSSR count). The number of rotatable bonds is 4. The molecule has 1 atom stereocenters. The van der Waals surface area contributed by atoms with Crippen molar-refractivity contribution in [1.29, 1.82) is 0 Å². The van der Waals surface area contributed by atoms with Crippen LogP contribution in [0, 0.1) is 5.92 Å². The quantitative estimate of drug-likeness (QED) is 0.804. The second-order valence-electron chi connectivity index (χ2n) is 6.87. The summed E-state index contributed by atoms with van der Waals surface area (Å²) in [6, 6.07) is 0. The Morgan fingerprint density at radius 2 is 2.11 bits per heavy atom. The molecular weight excluding hydrogens is 368 g/mol. The standard InChI is InChI=1S/C16H22N8O2S/c1-3-13-19-15(17)21-16(20-13)23-6-7-24-11(9-23)12(8-18-24)27(2,26)22-14(25)10-4-5-10/h8,10H,3-7,9H2,1-2H3,(H2,17,19,20,21). The topological polar surface area (TPSA) is 132 Å². The average molecular weight is 390 g/mol. The van der Waals surface area contributed by atoms with E-state index in [4.69, 9.17) is 5.73 Å². The van der Waals surface area contributed by atoms with Crippen LogP contribution in [-0.2, 0) is 34.0 Å². The van der Waals surface area contributed by atoms with Crippen molar-refractivity contribution in [2.45, 2.75) is 44.2 Å². The molecule has 1 unspecified atom stereocenters. The summed E-state index contributed by atoms with van der Waals surface area (Å²) in [7, 11) is -2.85. The first-order valence-electron chi connectivity index (χ1n) is 8.93. The predicted octanol–water partition coefficient (Wildman–Crippen LogP) is 0.626. The van der Waals surface area contributed by atoms with Gasteiger partial charge in [0.1, 0.15) is 5.82 Å². The number of fused-ring (bicyclic) bond motifs is 1. The summed E-state index contributed by atoms with van der Waals surface area (Å²) in [6.07, 6.45) is 5.38. The highest BCUT2D eigenvalue weighted by atomic mass is 32.2. The summed E-state index contributed by atoms with van der Waals surface area (Å²) in [6.45, 7) is 3.60. The number of aryl methyl sites for hydroxylation is 1. The molecule has 2 aromatic heterocycles. The number of carbonyl (C=O) groups is 1. The lowest BCUT2D eigenvalue weighted by Gasteiger charge is -2.28. The summed E-state index contributed by atoms with van der Waals surface area (Å²) < 4.78 is 19.0. The molecule has 0 aromatic carbocycles. The summed E-state index contributed by atoms with van der Waals surface area (Å²) >= 11 is 0. The van der Waals surface area contributed by atoms with E-state index in [0.717, 1.165) is 18.5 Å². The number of nitrogens with two attached hydrogens (primary N) is 1. The van der Waals surface area contributed by atoms with Crippen LogP contribution in [0.5, 0.6) is 0 Å². The van der Waals surface area contributed by atoms with Crippen LogP contribution in [0.2, 0.25) is 0 Å². The fourth-order valence-electron chi connectivity index (χ4n) is 3.06. The van der Waals surface area contributed by atoms with Crippen molar-refractivity contribution in [1.82, 2.24) is 24.7 Å². The number of carbonyl (C=O) groups excluding carboxylic acids is 1. The molecule has 2 aromatic rings. The van der Waals surface area contributed by atoms with Gasteiger partial charge in [0, 0.05) is 25.1 Å². The summed E-state index contributed by atoms with van der Waals surface area (Å²) in [4.78, 5) is 27.3. The van der Waals surface area contributed by atoms with Crippen molar-refractivity contribution in [2.75, 3.05) is 23.4 Å². The van der Waals surface area contributed by atoms with Crippen molar-refractivity contribution in [3.63, 3.8) is 0 Å². The Morgan fingerprint density at radius 1 is 1.33 bits per heavy atom. The van der Waals surface area contributed by atoms with Crippen molar-refractivity contribution in [2.24, 2.45) is 10.3 Å². The number of nitrogen functional groups attached to an aromatic ring is 1. The number of aromatic nitrogens is 5.